The predicted molar refractivity (Wildman–Crippen MR) is 150 cm³/mol. The molecule has 0 bridgehead atoms. The van der Waals surface area contributed by atoms with Crippen LogP contribution >= 0.6 is 11.6 Å². The monoisotopic (exact) mass is 596 g/mol. The molecule has 12 heteroatoms. The Hall–Kier alpha value is -4.77. The van der Waals surface area contributed by atoms with Crippen molar-refractivity contribution in [1.82, 2.24) is 15.3 Å². The zero-order valence-corrected chi connectivity index (χ0v) is 22.6. The van der Waals surface area contributed by atoms with Gasteiger partial charge in [-0.05, 0) is 48.0 Å². The number of anilines is 2. The van der Waals surface area contributed by atoms with Gasteiger partial charge in [-0.2, -0.15) is 13.2 Å². The van der Waals surface area contributed by atoms with E-state index in [1.807, 2.05) is 0 Å². The first-order valence-corrected chi connectivity index (χ1v) is 13.0. The highest BCUT2D eigenvalue weighted by molar-refractivity contribution is 6.30. The number of hydrogen-bond acceptors (Lipinski definition) is 5. The highest BCUT2D eigenvalue weighted by Gasteiger charge is 2.31. The second-order valence-electron chi connectivity index (χ2n) is 9.17. The van der Waals surface area contributed by atoms with Gasteiger partial charge in [-0.1, -0.05) is 54.1 Å². The zero-order chi connectivity index (χ0) is 30.3. The van der Waals surface area contributed by atoms with Gasteiger partial charge in [0.15, 0.2) is 0 Å². The van der Waals surface area contributed by atoms with Crippen LogP contribution in [0.4, 0.5) is 24.8 Å². The molecule has 0 aliphatic rings. The van der Waals surface area contributed by atoms with E-state index in [-0.39, 0.29) is 24.5 Å². The largest absolute Gasteiger partial charge is 0.480 e. The molecule has 4 rings (SSSR count). The van der Waals surface area contributed by atoms with Crippen LogP contribution in [0.3, 0.4) is 0 Å². The van der Waals surface area contributed by atoms with E-state index in [1.54, 1.807) is 60.7 Å². The number of aliphatic carboxylic acids is 1. The number of hydrogen-bond donors (Lipinski definition) is 2. The summed E-state index contributed by atoms with van der Waals surface area (Å²) in [5.41, 5.74) is 0.846. The maximum absolute atomic E-state index is 13.4. The summed E-state index contributed by atoms with van der Waals surface area (Å²) in [6.45, 7) is 0. The molecule has 0 saturated carbocycles. The summed E-state index contributed by atoms with van der Waals surface area (Å²) in [6, 6.07) is 19.7. The number of alkyl halides is 3. The molecular weight excluding hydrogens is 573 g/mol. The Bertz CT molecular complexity index is 1570. The van der Waals surface area contributed by atoms with Gasteiger partial charge in [0, 0.05) is 36.0 Å². The van der Waals surface area contributed by atoms with Gasteiger partial charge in [-0.25, -0.2) is 19.7 Å². The topological polar surface area (TPSA) is 112 Å². The molecule has 2 N–H and O–H groups in total. The molecule has 0 radical (unpaired) electrons. The van der Waals surface area contributed by atoms with Gasteiger partial charge in [0.1, 0.15) is 6.04 Å². The highest BCUT2D eigenvalue weighted by Crippen LogP contribution is 2.32. The quantitative estimate of drug-likeness (QED) is 0.230. The van der Waals surface area contributed by atoms with Crippen LogP contribution in [-0.4, -0.2) is 38.9 Å². The molecule has 3 aromatic carbocycles. The van der Waals surface area contributed by atoms with Crippen molar-refractivity contribution in [2.75, 3.05) is 4.90 Å². The fraction of sp³-hybridized carbons (Fsp3) is 0.167. The molecule has 216 valence electrons. The van der Waals surface area contributed by atoms with E-state index in [0.717, 1.165) is 29.2 Å². The third-order valence-corrected chi connectivity index (χ3v) is 6.38. The fourth-order valence-corrected chi connectivity index (χ4v) is 4.27. The van der Waals surface area contributed by atoms with Crippen LogP contribution in [0.25, 0.3) is 11.3 Å². The third-order valence-electron chi connectivity index (χ3n) is 6.15. The minimum absolute atomic E-state index is 0.0394. The van der Waals surface area contributed by atoms with E-state index in [4.69, 9.17) is 11.6 Å². The lowest BCUT2D eigenvalue weighted by Crippen LogP contribution is -2.42. The maximum atomic E-state index is 13.4. The van der Waals surface area contributed by atoms with Crippen LogP contribution in [0.2, 0.25) is 5.02 Å². The lowest BCUT2D eigenvalue weighted by Gasteiger charge is -2.22. The fourth-order valence-electron chi connectivity index (χ4n) is 4.08. The molecule has 0 spiro atoms. The maximum Gasteiger partial charge on any atom is 0.416 e. The van der Waals surface area contributed by atoms with Crippen molar-refractivity contribution in [2.24, 2.45) is 0 Å². The van der Waals surface area contributed by atoms with Gasteiger partial charge in [-0.3, -0.25) is 9.59 Å². The van der Waals surface area contributed by atoms with E-state index >= 15 is 0 Å². The van der Waals surface area contributed by atoms with Crippen molar-refractivity contribution in [3.63, 3.8) is 0 Å². The molecule has 8 nitrogen and oxygen atoms in total. The highest BCUT2D eigenvalue weighted by atomic mass is 35.5. The Morgan fingerprint density at radius 2 is 1.64 bits per heavy atom. The number of benzene rings is 3. The number of carbonyl (C=O) groups is 3. The molecule has 1 aromatic heterocycles. The number of amides is 2. The molecule has 0 aliphatic heterocycles. The molecule has 1 heterocycles. The molecule has 0 aliphatic carbocycles. The van der Waals surface area contributed by atoms with Crippen LogP contribution < -0.4 is 10.2 Å². The zero-order valence-electron chi connectivity index (χ0n) is 21.9. The van der Waals surface area contributed by atoms with Gasteiger partial charge in [0.05, 0.1) is 16.9 Å². The smallest absolute Gasteiger partial charge is 0.416 e. The van der Waals surface area contributed by atoms with Crippen LogP contribution in [0.1, 0.15) is 24.0 Å². The first-order valence-electron chi connectivity index (χ1n) is 12.7. The summed E-state index contributed by atoms with van der Waals surface area (Å²) in [5.74, 6) is -2.75. The molecule has 1 atom stereocenters. The third kappa shape index (κ3) is 7.91. The lowest BCUT2D eigenvalue weighted by molar-refractivity contribution is -0.141. The van der Waals surface area contributed by atoms with Crippen LogP contribution in [0, 0.1) is 0 Å². The van der Waals surface area contributed by atoms with Gasteiger partial charge in [0.25, 0.3) is 0 Å². The lowest BCUT2D eigenvalue weighted by atomic mass is 10.1. The van der Waals surface area contributed by atoms with E-state index < -0.39 is 42.0 Å². The number of carboxylic acid groups (broad SMARTS) is 1. The predicted octanol–water partition coefficient (Wildman–Crippen LogP) is 6.07. The van der Waals surface area contributed by atoms with Gasteiger partial charge >= 0.3 is 12.1 Å². The summed E-state index contributed by atoms with van der Waals surface area (Å²) < 4.78 is 39.5. The molecule has 0 unspecified atom stereocenters. The number of aromatic nitrogens is 2. The molecule has 0 saturated heterocycles. The van der Waals surface area contributed by atoms with Crippen molar-refractivity contribution >= 4 is 41.0 Å². The summed E-state index contributed by atoms with van der Waals surface area (Å²) in [5, 5.41) is 12.4. The Kier molecular flexibility index (Phi) is 9.53. The van der Waals surface area contributed by atoms with Gasteiger partial charge in [0.2, 0.25) is 17.8 Å². The Morgan fingerprint density at radius 3 is 2.29 bits per heavy atom. The first kappa shape index (κ1) is 30.2. The number of carbonyl (C=O) groups excluding carboxylic acids is 2. The van der Waals surface area contributed by atoms with Crippen molar-refractivity contribution in [2.45, 2.75) is 31.5 Å². The standard InChI is InChI=1S/C30H24ClF3N4O4/c31-22-8-4-7-20(18-22)24-15-16-35-29(37-24)38(23-11-9-21(10-12-23)30(32,33)34)27(40)14-13-26(39)36-25(28(41)42)17-19-5-2-1-3-6-19/h1-12,15-16,18,25H,13-14,17H2,(H,36,39)(H,41,42)/t25-/m1/s1. The average Bonchev–Trinajstić information content (AvgIpc) is 2.96. The molecule has 4 aromatic rings. The normalized spacial score (nSPS) is 11.9. The van der Waals surface area contributed by atoms with E-state index in [9.17, 15) is 32.7 Å². The van der Waals surface area contributed by atoms with E-state index in [2.05, 4.69) is 15.3 Å². The minimum atomic E-state index is -4.59. The number of rotatable bonds is 10. The van der Waals surface area contributed by atoms with Crippen LogP contribution in [0.5, 0.6) is 0 Å². The summed E-state index contributed by atoms with van der Waals surface area (Å²) >= 11 is 6.09. The molecule has 0 fully saturated rings. The van der Waals surface area contributed by atoms with Crippen molar-refractivity contribution in [3.05, 3.63) is 107 Å². The molecule has 2 amide bonds. The van der Waals surface area contributed by atoms with Crippen molar-refractivity contribution in [3.8, 4) is 11.3 Å². The Labute approximate surface area is 243 Å². The summed E-state index contributed by atoms with van der Waals surface area (Å²) in [6.07, 6.45) is -3.96. The average molecular weight is 597 g/mol. The van der Waals surface area contributed by atoms with Gasteiger partial charge in [-0.15, -0.1) is 0 Å². The van der Waals surface area contributed by atoms with Gasteiger partial charge < -0.3 is 10.4 Å². The number of carboxylic acids is 1. The Balaban J connectivity index is 1.56. The second-order valence-corrected chi connectivity index (χ2v) is 9.61. The molecular formula is C30H24ClF3N4O4. The van der Waals surface area contributed by atoms with E-state index in [0.29, 0.717) is 21.8 Å². The van der Waals surface area contributed by atoms with Crippen LogP contribution in [0.15, 0.2) is 91.1 Å². The number of nitrogens with one attached hydrogen (secondary N) is 1. The SMILES string of the molecule is O=C(CCC(=O)N(c1ccc(C(F)(F)F)cc1)c1nccc(-c2cccc(Cl)c2)n1)N[C@H](Cc1ccccc1)C(=O)O. The van der Waals surface area contributed by atoms with Crippen LogP contribution in [-0.2, 0) is 27.0 Å². The second kappa shape index (κ2) is 13.3. The summed E-state index contributed by atoms with van der Waals surface area (Å²) in [7, 11) is 0. The Morgan fingerprint density at radius 1 is 0.929 bits per heavy atom. The van der Waals surface area contributed by atoms with Crippen molar-refractivity contribution < 1.29 is 32.7 Å². The van der Waals surface area contributed by atoms with Crippen molar-refractivity contribution in [1.29, 1.82) is 0 Å². The first-order chi connectivity index (χ1) is 20.0. The molecule has 42 heavy (non-hydrogen) atoms. The van der Waals surface area contributed by atoms with E-state index in [1.165, 1.54) is 6.20 Å². The summed E-state index contributed by atoms with van der Waals surface area (Å²) in [4.78, 5) is 47.4. The minimum Gasteiger partial charge on any atom is -0.480 e. The number of halogens is 4. The number of nitrogens with zero attached hydrogens (tertiary/aromatic N) is 3.